The molecule has 3 rings (SSSR count). The van der Waals surface area contributed by atoms with E-state index >= 15 is 0 Å². The number of carbonyl (C=O) groups excluding carboxylic acids is 1. The lowest BCUT2D eigenvalue weighted by molar-refractivity contribution is -0.120. The molecule has 1 amide bonds. The van der Waals surface area contributed by atoms with Gasteiger partial charge in [-0.25, -0.2) is 8.42 Å². The van der Waals surface area contributed by atoms with Gasteiger partial charge in [0.05, 0.1) is 0 Å². The summed E-state index contributed by atoms with van der Waals surface area (Å²) >= 11 is 1.21. The van der Waals surface area contributed by atoms with E-state index in [4.69, 9.17) is 6.42 Å². The third kappa shape index (κ3) is 3.93. The Balaban J connectivity index is 1.60. The van der Waals surface area contributed by atoms with Crippen molar-refractivity contribution in [3.63, 3.8) is 0 Å². The van der Waals surface area contributed by atoms with Crippen molar-refractivity contribution in [3.05, 3.63) is 47.3 Å². The summed E-state index contributed by atoms with van der Waals surface area (Å²) in [7, 11) is -3.44. The van der Waals surface area contributed by atoms with Gasteiger partial charge in [-0.2, -0.15) is 4.31 Å². The number of carbonyl (C=O) groups is 1. The van der Waals surface area contributed by atoms with Crippen molar-refractivity contribution < 1.29 is 13.2 Å². The van der Waals surface area contributed by atoms with Crippen LogP contribution in [0.1, 0.15) is 18.4 Å². The highest BCUT2D eigenvalue weighted by Crippen LogP contribution is 2.27. The molecule has 1 aromatic carbocycles. The fraction of sp³-hybridized carbons (Fsp3) is 0.278. The zero-order chi connectivity index (χ0) is 17.9. The fourth-order valence-corrected chi connectivity index (χ4v) is 5.44. The van der Waals surface area contributed by atoms with Crippen LogP contribution in [0.5, 0.6) is 0 Å². The Hall–Kier alpha value is -2.14. The number of piperidine rings is 1. The molecule has 2 heterocycles. The number of hydrogen-bond donors (Lipinski definition) is 1. The van der Waals surface area contributed by atoms with E-state index in [2.05, 4.69) is 11.2 Å². The minimum atomic E-state index is -3.44. The molecular weight excluding hydrogens is 356 g/mol. The molecule has 0 unspecified atom stereocenters. The molecule has 1 aliphatic heterocycles. The predicted molar refractivity (Wildman–Crippen MR) is 98.8 cm³/mol. The maximum absolute atomic E-state index is 12.5. The third-order valence-electron chi connectivity index (χ3n) is 4.21. The molecule has 0 saturated carbocycles. The maximum Gasteiger partial charge on any atom is 0.252 e. The van der Waals surface area contributed by atoms with Crippen LogP contribution in [-0.4, -0.2) is 31.7 Å². The molecular formula is C18H18N2O3S2. The summed E-state index contributed by atoms with van der Waals surface area (Å²) < 4.78 is 26.8. The molecule has 0 radical (unpaired) electrons. The van der Waals surface area contributed by atoms with Crippen molar-refractivity contribution in [1.82, 2.24) is 4.31 Å². The van der Waals surface area contributed by atoms with Gasteiger partial charge in [0, 0.05) is 30.3 Å². The van der Waals surface area contributed by atoms with Gasteiger partial charge in [0.15, 0.2) is 0 Å². The Morgan fingerprint density at radius 3 is 2.64 bits per heavy atom. The second kappa shape index (κ2) is 7.40. The Morgan fingerprint density at radius 2 is 2.00 bits per heavy atom. The Kier molecular flexibility index (Phi) is 5.23. The topological polar surface area (TPSA) is 66.5 Å². The average Bonchev–Trinajstić information content (AvgIpc) is 3.17. The number of rotatable bonds is 4. The Labute approximate surface area is 151 Å². The average molecular weight is 374 g/mol. The molecule has 1 saturated heterocycles. The number of terminal acetylenes is 1. The number of anilines is 1. The summed E-state index contributed by atoms with van der Waals surface area (Å²) in [5.41, 5.74) is 1.36. The maximum atomic E-state index is 12.5. The summed E-state index contributed by atoms with van der Waals surface area (Å²) in [6.07, 6.45) is 6.37. The molecule has 0 aliphatic carbocycles. The summed E-state index contributed by atoms with van der Waals surface area (Å²) in [6.45, 7) is 0.700. The van der Waals surface area contributed by atoms with Crippen molar-refractivity contribution in [3.8, 4) is 12.3 Å². The molecule has 1 aliphatic rings. The standard InChI is InChI=1S/C18H18N2O3S2/c1-2-14-5-3-6-16(13-14)19-18(21)15-8-10-20(11-9-15)25(22,23)17-7-4-12-24-17/h1,3-7,12-13,15H,8-11H2,(H,19,21). The molecule has 1 N–H and O–H groups in total. The third-order valence-corrected chi connectivity index (χ3v) is 7.48. The number of thiophene rings is 1. The molecule has 0 atom stereocenters. The van der Waals surface area contributed by atoms with E-state index in [9.17, 15) is 13.2 Å². The smallest absolute Gasteiger partial charge is 0.252 e. The van der Waals surface area contributed by atoms with Gasteiger partial charge in [-0.15, -0.1) is 17.8 Å². The summed E-state index contributed by atoms with van der Waals surface area (Å²) in [5, 5.41) is 4.61. The van der Waals surface area contributed by atoms with Gasteiger partial charge in [0.1, 0.15) is 4.21 Å². The molecule has 5 nitrogen and oxygen atoms in total. The highest BCUT2D eigenvalue weighted by molar-refractivity contribution is 7.91. The van der Waals surface area contributed by atoms with E-state index in [1.54, 1.807) is 41.8 Å². The summed E-state index contributed by atoms with van der Waals surface area (Å²) in [5.74, 6) is 2.23. The summed E-state index contributed by atoms with van der Waals surface area (Å²) in [4.78, 5) is 12.4. The molecule has 130 valence electrons. The first kappa shape index (κ1) is 17.7. The van der Waals surface area contributed by atoms with E-state index in [1.807, 2.05) is 0 Å². The van der Waals surface area contributed by atoms with E-state index in [0.717, 1.165) is 0 Å². The first-order valence-corrected chi connectivity index (χ1v) is 10.2. The normalized spacial score (nSPS) is 16.3. The van der Waals surface area contributed by atoms with E-state index in [0.29, 0.717) is 41.4 Å². The molecule has 25 heavy (non-hydrogen) atoms. The molecule has 1 aromatic heterocycles. The highest BCUT2D eigenvalue weighted by atomic mass is 32.2. The number of nitrogens with zero attached hydrogens (tertiary/aromatic N) is 1. The lowest BCUT2D eigenvalue weighted by Gasteiger charge is -2.30. The first-order valence-electron chi connectivity index (χ1n) is 7.92. The molecule has 1 fully saturated rings. The van der Waals surface area contributed by atoms with Gasteiger partial charge >= 0.3 is 0 Å². The number of sulfonamides is 1. The van der Waals surface area contributed by atoms with Gasteiger partial charge in [-0.3, -0.25) is 4.79 Å². The monoisotopic (exact) mass is 374 g/mol. The van der Waals surface area contributed by atoms with Crippen LogP contribution in [0, 0.1) is 18.3 Å². The Morgan fingerprint density at radius 1 is 1.24 bits per heavy atom. The van der Waals surface area contributed by atoms with Crippen molar-refractivity contribution in [2.45, 2.75) is 17.1 Å². The van der Waals surface area contributed by atoms with Crippen LogP contribution in [-0.2, 0) is 14.8 Å². The van der Waals surface area contributed by atoms with Gasteiger partial charge in [-0.1, -0.05) is 18.1 Å². The van der Waals surface area contributed by atoms with E-state index in [-0.39, 0.29) is 11.8 Å². The van der Waals surface area contributed by atoms with E-state index < -0.39 is 10.0 Å². The Bertz CT molecular complexity index is 891. The van der Waals surface area contributed by atoms with Gasteiger partial charge in [0.25, 0.3) is 10.0 Å². The van der Waals surface area contributed by atoms with Gasteiger partial charge in [-0.05, 0) is 42.5 Å². The lowest BCUT2D eigenvalue weighted by atomic mass is 9.97. The largest absolute Gasteiger partial charge is 0.326 e. The van der Waals surface area contributed by atoms with E-state index in [1.165, 1.54) is 15.6 Å². The van der Waals surface area contributed by atoms with Crippen LogP contribution in [0.15, 0.2) is 46.0 Å². The number of benzene rings is 1. The molecule has 7 heteroatoms. The number of amides is 1. The quantitative estimate of drug-likeness (QED) is 0.837. The zero-order valence-corrected chi connectivity index (χ0v) is 15.1. The fourth-order valence-electron chi connectivity index (χ4n) is 2.83. The minimum absolute atomic E-state index is 0.0951. The number of hydrogen-bond acceptors (Lipinski definition) is 4. The predicted octanol–water partition coefficient (Wildman–Crippen LogP) is 2.77. The molecule has 2 aromatic rings. The first-order chi connectivity index (χ1) is 12.0. The van der Waals surface area contributed by atoms with Gasteiger partial charge < -0.3 is 5.32 Å². The zero-order valence-electron chi connectivity index (χ0n) is 13.5. The van der Waals surface area contributed by atoms with Gasteiger partial charge in [0.2, 0.25) is 5.91 Å². The van der Waals surface area contributed by atoms with Crippen molar-refractivity contribution >= 4 is 33.0 Å². The minimum Gasteiger partial charge on any atom is -0.326 e. The second-order valence-electron chi connectivity index (χ2n) is 5.82. The van der Waals surface area contributed by atoms with Crippen molar-refractivity contribution in [1.29, 1.82) is 0 Å². The second-order valence-corrected chi connectivity index (χ2v) is 8.94. The van der Waals surface area contributed by atoms with Crippen LogP contribution in [0.25, 0.3) is 0 Å². The number of nitrogens with one attached hydrogen (secondary N) is 1. The van der Waals surface area contributed by atoms with Crippen LogP contribution in [0.4, 0.5) is 5.69 Å². The van der Waals surface area contributed by atoms with Crippen LogP contribution < -0.4 is 5.32 Å². The highest BCUT2D eigenvalue weighted by Gasteiger charge is 2.32. The SMILES string of the molecule is C#Cc1cccc(NC(=O)C2CCN(S(=O)(=O)c3cccs3)CC2)c1. The molecule has 0 spiro atoms. The summed E-state index contributed by atoms with van der Waals surface area (Å²) in [6, 6.07) is 10.5. The van der Waals surface area contributed by atoms with Crippen molar-refractivity contribution in [2.75, 3.05) is 18.4 Å². The molecule has 0 bridgehead atoms. The lowest BCUT2D eigenvalue weighted by Crippen LogP contribution is -2.41. The van der Waals surface area contributed by atoms with Crippen LogP contribution in [0.3, 0.4) is 0 Å². The van der Waals surface area contributed by atoms with Crippen LogP contribution in [0.2, 0.25) is 0 Å². The van der Waals surface area contributed by atoms with Crippen LogP contribution >= 0.6 is 11.3 Å². The van der Waals surface area contributed by atoms with Crippen molar-refractivity contribution in [2.24, 2.45) is 5.92 Å².